The number of nitrogens with two attached hydrogens (primary N) is 1. The molecule has 2 aliphatic rings. The highest BCUT2D eigenvalue weighted by molar-refractivity contribution is 5.56. The molecule has 23 heavy (non-hydrogen) atoms. The molecule has 1 aromatic rings. The Morgan fingerprint density at radius 1 is 1.26 bits per heavy atom. The van der Waals surface area contributed by atoms with Crippen LogP contribution in [0, 0.1) is 10.8 Å². The zero-order chi connectivity index (χ0) is 16.5. The number of nitrogens with zero attached hydrogens (tertiary/aromatic N) is 1. The van der Waals surface area contributed by atoms with Crippen molar-refractivity contribution < 1.29 is 9.47 Å². The van der Waals surface area contributed by atoms with E-state index in [-0.39, 0.29) is 10.8 Å². The van der Waals surface area contributed by atoms with Gasteiger partial charge in [-0.2, -0.15) is 0 Å². The second-order valence-electron chi connectivity index (χ2n) is 7.73. The van der Waals surface area contributed by atoms with Crippen LogP contribution in [0.4, 0.5) is 0 Å². The van der Waals surface area contributed by atoms with E-state index in [0.717, 1.165) is 43.2 Å². The molecule has 0 bridgehead atoms. The summed E-state index contributed by atoms with van der Waals surface area (Å²) >= 11 is 0. The predicted octanol–water partition coefficient (Wildman–Crippen LogP) is 3.13. The first kappa shape index (κ1) is 16.3. The first-order valence-corrected chi connectivity index (χ1v) is 8.42. The van der Waals surface area contributed by atoms with Crippen molar-refractivity contribution in [2.75, 3.05) is 33.0 Å². The maximum absolute atomic E-state index is 6.12. The molecule has 1 fully saturated rings. The molecule has 0 amide bonds. The summed E-state index contributed by atoms with van der Waals surface area (Å²) in [5.74, 6) is 1.67. The number of hydrogen-bond acceptors (Lipinski definition) is 4. The molecular formula is C19H28N2O2. The van der Waals surface area contributed by atoms with Crippen LogP contribution in [0.5, 0.6) is 11.5 Å². The second kappa shape index (κ2) is 6.17. The fraction of sp³-hybridized carbons (Fsp3) is 0.579. The van der Waals surface area contributed by atoms with Gasteiger partial charge < -0.3 is 15.2 Å². The number of ether oxygens (including phenoxy) is 2. The van der Waals surface area contributed by atoms with Gasteiger partial charge >= 0.3 is 0 Å². The summed E-state index contributed by atoms with van der Waals surface area (Å²) < 4.78 is 10.8. The van der Waals surface area contributed by atoms with Crippen molar-refractivity contribution in [1.29, 1.82) is 0 Å². The Hall–Kier alpha value is -1.52. The molecule has 3 rings (SSSR count). The Labute approximate surface area is 139 Å². The van der Waals surface area contributed by atoms with Crippen molar-refractivity contribution in [3.63, 3.8) is 0 Å². The molecule has 4 nitrogen and oxygen atoms in total. The van der Waals surface area contributed by atoms with Crippen molar-refractivity contribution in [2.45, 2.75) is 27.2 Å². The summed E-state index contributed by atoms with van der Waals surface area (Å²) in [4.78, 5) is 2.50. The Morgan fingerprint density at radius 2 is 2.04 bits per heavy atom. The van der Waals surface area contributed by atoms with E-state index in [2.05, 4.69) is 43.9 Å². The largest absolute Gasteiger partial charge is 0.454 e. The maximum Gasteiger partial charge on any atom is 0.231 e. The standard InChI is InChI=1S/C19H28N2O2/c1-18(2,3)19(12-20)8-10-21(13-19)9-4-5-15-6-7-16-17(11-15)23-14-22-16/h4-7,11H,8-10,12-14,20H2,1-3H3/b5-4+. The minimum absolute atomic E-state index is 0.236. The normalized spacial score (nSPS) is 24.7. The molecule has 0 aliphatic carbocycles. The summed E-state index contributed by atoms with van der Waals surface area (Å²) in [7, 11) is 0. The summed E-state index contributed by atoms with van der Waals surface area (Å²) in [5, 5.41) is 0. The van der Waals surface area contributed by atoms with E-state index >= 15 is 0 Å². The molecular weight excluding hydrogens is 288 g/mol. The second-order valence-corrected chi connectivity index (χ2v) is 7.73. The Balaban J connectivity index is 1.59. The first-order valence-electron chi connectivity index (χ1n) is 8.42. The average molecular weight is 316 g/mol. The van der Waals surface area contributed by atoms with Crippen LogP contribution in [-0.2, 0) is 0 Å². The lowest BCUT2D eigenvalue weighted by Crippen LogP contribution is -2.44. The lowest BCUT2D eigenvalue weighted by atomic mass is 9.66. The molecule has 4 heteroatoms. The fourth-order valence-electron chi connectivity index (χ4n) is 3.55. The Bertz CT molecular complexity index is 592. The molecule has 126 valence electrons. The molecule has 0 radical (unpaired) electrons. The van der Waals surface area contributed by atoms with Gasteiger partial charge in [-0.3, -0.25) is 4.90 Å². The lowest BCUT2D eigenvalue weighted by molar-refractivity contribution is 0.104. The number of benzene rings is 1. The molecule has 1 aromatic carbocycles. The topological polar surface area (TPSA) is 47.7 Å². The van der Waals surface area contributed by atoms with Gasteiger partial charge in [0, 0.05) is 18.5 Å². The monoisotopic (exact) mass is 316 g/mol. The molecule has 2 heterocycles. The lowest BCUT2D eigenvalue weighted by Gasteiger charge is -2.41. The van der Waals surface area contributed by atoms with Gasteiger partial charge in [0.2, 0.25) is 6.79 Å². The summed E-state index contributed by atoms with van der Waals surface area (Å²) in [6.45, 7) is 11.2. The molecule has 2 aliphatic heterocycles. The summed E-state index contributed by atoms with van der Waals surface area (Å²) in [6, 6.07) is 6.06. The van der Waals surface area contributed by atoms with Crippen LogP contribution in [0.25, 0.3) is 6.08 Å². The summed E-state index contributed by atoms with van der Waals surface area (Å²) in [5.41, 5.74) is 7.75. The highest BCUT2D eigenvalue weighted by atomic mass is 16.7. The first-order chi connectivity index (χ1) is 10.9. The van der Waals surface area contributed by atoms with Crippen LogP contribution in [0.3, 0.4) is 0 Å². The zero-order valence-corrected chi connectivity index (χ0v) is 14.5. The van der Waals surface area contributed by atoms with Gasteiger partial charge in [-0.15, -0.1) is 0 Å². The van der Waals surface area contributed by atoms with Crippen LogP contribution >= 0.6 is 0 Å². The summed E-state index contributed by atoms with van der Waals surface area (Å²) in [6.07, 6.45) is 5.57. The van der Waals surface area contributed by atoms with E-state index in [0.29, 0.717) is 6.79 Å². The molecule has 1 saturated heterocycles. The number of likely N-dealkylation sites (tertiary alicyclic amines) is 1. The minimum atomic E-state index is 0.236. The minimum Gasteiger partial charge on any atom is -0.454 e. The van der Waals surface area contributed by atoms with Gasteiger partial charge in [0.05, 0.1) is 0 Å². The van der Waals surface area contributed by atoms with Crippen molar-refractivity contribution >= 4 is 6.08 Å². The molecule has 0 saturated carbocycles. The highest BCUT2D eigenvalue weighted by Crippen LogP contribution is 2.45. The Morgan fingerprint density at radius 3 is 2.74 bits per heavy atom. The van der Waals surface area contributed by atoms with E-state index in [1.807, 2.05) is 12.1 Å². The van der Waals surface area contributed by atoms with Gasteiger partial charge in [0.15, 0.2) is 11.5 Å². The van der Waals surface area contributed by atoms with E-state index in [4.69, 9.17) is 15.2 Å². The third kappa shape index (κ3) is 3.24. The number of fused-ring (bicyclic) bond motifs is 1. The molecule has 1 atom stereocenters. The van der Waals surface area contributed by atoms with Gasteiger partial charge in [-0.1, -0.05) is 39.0 Å². The molecule has 0 aromatic heterocycles. The van der Waals surface area contributed by atoms with Crippen molar-refractivity contribution in [3.8, 4) is 11.5 Å². The van der Waals surface area contributed by atoms with Gasteiger partial charge in [0.1, 0.15) is 0 Å². The third-order valence-electron chi connectivity index (χ3n) is 5.49. The zero-order valence-electron chi connectivity index (χ0n) is 14.5. The molecule has 2 N–H and O–H groups in total. The van der Waals surface area contributed by atoms with Crippen LogP contribution in [0.15, 0.2) is 24.3 Å². The van der Waals surface area contributed by atoms with Crippen molar-refractivity contribution in [2.24, 2.45) is 16.6 Å². The van der Waals surface area contributed by atoms with E-state index in [1.54, 1.807) is 0 Å². The van der Waals surface area contributed by atoms with Gasteiger partial charge in [0.25, 0.3) is 0 Å². The van der Waals surface area contributed by atoms with Crippen LogP contribution < -0.4 is 15.2 Å². The van der Waals surface area contributed by atoms with E-state index in [1.165, 1.54) is 6.42 Å². The van der Waals surface area contributed by atoms with Crippen molar-refractivity contribution in [3.05, 3.63) is 29.8 Å². The van der Waals surface area contributed by atoms with Crippen LogP contribution in [0.1, 0.15) is 32.8 Å². The smallest absolute Gasteiger partial charge is 0.231 e. The highest BCUT2D eigenvalue weighted by Gasteiger charge is 2.45. The number of hydrogen-bond donors (Lipinski definition) is 1. The van der Waals surface area contributed by atoms with Crippen molar-refractivity contribution in [1.82, 2.24) is 4.90 Å². The SMILES string of the molecule is CC(C)(C)C1(CN)CCN(C/C=C/c2ccc3c(c2)OCO3)C1. The van der Waals surface area contributed by atoms with Gasteiger partial charge in [-0.05, 0) is 42.6 Å². The fourth-order valence-corrected chi connectivity index (χ4v) is 3.55. The molecule has 0 spiro atoms. The molecule has 1 unspecified atom stereocenters. The van der Waals surface area contributed by atoms with E-state index in [9.17, 15) is 0 Å². The van der Waals surface area contributed by atoms with Crippen LogP contribution in [-0.4, -0.2) is 37.9 Å². The predicted molar refractivity (Wildman–Crippen MR) is 93.6 cm³/mol. The average Bonchev–Trinajstić information content (AvgIpc) is 3.13. The van der Waals surface area contributed by atoms with Crippen LogP contribution in [0.2, 0.25) is 0 Å². The Kier molecular flexibility index (Phi) is 4.39. The third-order valence-corrected chi connectivity index (χ3v) is 5.49. The van der Waals surface area contributed by atoms with Gasteiger partial charge in [-0.25, -0.2) is 0 Å². The number of rotatable bonds is 4. The quantitative estimate of drug-likeness (QED) is 0.927. The van der Waals surface area contributed by atoms with E-state index < -0.39 is 0 Å². The maximum atomic E-state index is 6.12.